The molecule has 1 heterocycles. The maximum atomic E-state index is 9.59. The summed E-state index contributed by atoms with van der Waals surface area (Å²) in [6, 6.07) is 0. The Morgan fingerprint density at radius 3 is 3.00 bits per heavy atom. The van der Waals surface area contributed by atoms with E-state index in [9.17, 15) is 5.11 Å². The first kappa shape index (κ1) is 10.6. The van der Waals surface area contributed by atoms with Crippen LogP contribution in [0.4, 0.5) is 0 Å². The molecule has 3 nitrogen and oxygen atoms in total. The molecule has 0 radical (unpaired) electrons. The van der Waals surface area contributed by atoms with E-state index in [2.05, 4.69) is 11.4 Å². The third kappa shape index (κ3) is 3.83. The van der Waals surface area contributed by atoms with Gasteiger partial charge in [0.25, 0.3) is 0 Å². The fourth-order valence-corrected chi connectivity index (χ4v) is 1.71. The zero-order valence-electron chi connectivity index (χ0n) is 8.10. The normalized spacial score (nSPS) is 13.2. The third-order valence-corrected chi connectivity index (χ3v) is 2.53. The van der Waals surface area contributed by atoms with E-state index >= 15 is 0 Å². The summed E-state index contributed by atoms with van der Waals surface area (Å²) in [7, 11) is 1.89. The lowest BCUT2D eigenvalue weighted by atomic mass is 10.1. The summed E-state index contributed by atoms with van der Waals surface area (Å²) in [5, 5.41) is 13.6. The quantitative estimate of drug-likeness (QED) is 0.773. The van der Waals surface area contributed by atoms with E-state index in [-0.39, 0.29) is 6.10 Å². The topological polar surface area (TPSA) is 38.1 Å². The van der Waals surface area contributed by atoms with Crippen molar-refractivity contribution < 1.29 is 5.11 Å². The molecule has 13 heavy (non-hydrogen) atoms. The van der Waals surface area contributed by atoms with E-state index in [1.165, 1.54) is 0 Å². The highest BCUT2D eigenvalue weighted by molar-refractivity contribution is 7.98. The largest absolute Gasteiger partial charge is 0.393 e. The summed E-state index contributed by atoms with van der Waals surface area (Å²) in [5.41, 5.74) is 1.11. The van der Waals surface area contributed by atoms with Crippen LogP contribution in [-0.2, 0) is 13.5 Å². The van der Waals surface area contributed by atoms with Crippen LogP contribution in [0.15, 0.2) is 12.4 Å². The molecule has 4 heteroatoms. The minimum absolute atomic E-state index is 0.225. The van der Waals surface area contributed by atoms with Crippen molar-refractivity contribution in [2.75, 3.05) is 12.0 Å². The van der Waals surface area contributed by atoms with Crippen LogP contribution in [-0.4, -0.2) is 33.0 Å². The molecule has 0 aromatic carbocycles. The predicted octanol–water partition coefficient (Wildman–Crippen LogP) is 1.08. The average Bonchev–Trinajstić information content (AvgIpc) is 2.48. The number of rotatable bonds is 5. The molecule has 0 spiro atoms. The summed E-state index contributed by atoms with van der Waals surface area (Å²) in [6.45, 7) is 0. The lowest BCUT2D eigenvalue weighted by Crippen LogP contribution is -2.10. The van der Waals surface area contributed by atoms with Crippen molar-refractivity contribution in [2.24, 2.45) is 7.05 Å². The second kappa shape index (κ2) is 5.29. The van der Waals surface area contributed by atoms with Crippen molar-refractivity contribution in [3.8, 4) is 0 Å². The Morgan fingerprint density at radius 1 is 1.69 bits per heavy atom. The Morgan fingerprint density at radius 2 is 2.46 bits per heavy atom. The second-order valence-corrected chi connectivity index (χ2v) is 4.15. The zero-order valence-corrected chi connectivity index (χ0v) is 8.92. The maximum absolute atomic E-state index is 9.59. The van der Waals surface area contributed by atoms with Crippen LogP contribution < -0.4 is 0 Å². The molecule has 0 aliphatic heterocycles. The van der Waals surface area contributed by atoms with Crippen LogP contribution in [0.25, 0.3) is 0 Å². The zero-order chi connectivity index (χ0) is 9.68. The lowest BCUT2D eigenvalue weighted by molar-refractivity contribution is 0.172. The van der Waals surface area contributed by atoms with Gasteiger partial charge in [0.1, 0.15) is 0 Å². The number of aryl methyl sites for hydroxylation is 1. The molecule has 0 saturated carbocycles. The van der Waals surface area contributed by atoms with E-state index in [0.717, 1.165) is 17.7 Å². The van der Waals surface area contributed by atoms with Crippen LogP contribution >= 0.6 is 11.8 Å². The monoisotopic (exact) mass is 200 g/mol. The first-order chi connectivity index (χ1) is 6.22. The number of nitrogens with zero attached hydrogens (tertiary/aromatic N) is 2. The molecule has 1 aromatic heterocycles. The molecule has 74 valence electrons. The molecule has 1 atom stereocenters. The summed E-state index contributed by atoms with van der Waals surface area (Å²) >= 11 is 1.76. The molecule has 1 rings (SSSR count). The molecule has 0 saturated heterocycles. The fraction of sp³-hybridized carbons (Fsp3) is 0.667. The van der Waals surface area contributed by atoms with Crippen LogP contribution in [0.1, 0.15) is 12.0 Å². The number of hydrogen-bond acceptors (Lipinski definition) is 3. The molecule has 1 N–H and O–H groups in total. The van der Waals surface area contributed by atoms with E-state index in [4.69, 9.17) is 0 Å². The van der Waals surface area contributed by atoms with Crippen LogP contribution in [0, 0.1) is 0 Å². The average molecular weight is 200 g/mol. The number of aliphatic hydroxyl groups excluding tert-OH is 1. The summed E-state index contributed by atoms with van der Waals surface area (Å²) in [4.78, 5) is 0. The summed E-state index contributed by atoms with van der Waals surface area (Å²) in [6.07, 6.45) is 7.16. The van der Waals surface area contributed by atoms with Crippen molar-refractivity contribution in [2.45, 2.75) is 18.9 Å². The number of aromatic nitrogens is 2. The van der Waals surface area contributed by atoms with E-state index in [1.807, 2.05) is 19.4 Å². The van der Waals surface area contributed by atoms with Crippen LogP contribution in [0.3, 0.4) is 0 Å². The van der Waals surface area contributed by atoms with Crippen LogP contribution in [0.2, 0.25) is 0 Å². The number of hydrogen-bond donors (Lipinski definition) is 1. The highest BCUT2D eigenvalue weighted by atomic mass is 32.2. The maximum Gasteiger partial charge on any atom is 0.0589 e. The molecule has 0 aliphatic rings. The highest BCUT2D eigenvalue weighted by Gasteiger charge is 2.05. The minimum atomic E-state index is -0.225. The molecule has 0 fully saturated rings. The first-order valence-electron chi connectivity index (χ1n) is 4.37. The fourth-order valence-electron chi connectivity index (χ4n) is 1.21. The van der Waals surface area contributed by atoms with Gasteiger partial charge in [-0.3, -0.25) is 4.68 Å². The molecule has 1 unspecified atom stereocenters. The standard InChI is InChI=1S/C9H16N2OS/c1-11-7-8(6-10-11)5-9(12)3-4-13-2/h6-7,9,12H,3-5H2,1-2H3. The van der Waals surface area contributed by atoms with E-state index in [1.54, 1.807) is 16.4 Å². The van der Waals surface area contributed by atoms with Crippen molar-refractivity contribution in [3.05, 3.63) is 18.0 Å². The predicted molar refractivity (Wildman–Crippen MR) is 55.9 cm³/mol. The minimum Gasteiger partial charge on any atom is -0.393 e. The summed E-state index contributed by atoms with van der Waals surface area (Å²) < 4.78 is 1.76. The Labute approximate surface area is 83.1 Å². The van der Waals surface area contributed by atoms with Gasteiger partial charge in [-0.05, 0) is 24.0 Å². The molecule has 1 aromatic rings. The van der Waals surface area contributed by atoms with Crippen molar-refractivity contribution in [1.29, 1.82) is 0 Å². The smallest absolute Gasteiger partial charge is 0.0589 e. The summed E-state index contributed by atoms with van der Waals surface area (Å²) in [5.74, 6) is 1.02. The Balaban J connectivity index is 2.31. The third-order valence-electron chi connectivity index (χ3n) is 1.88. The molecular formula is C9H16N2OS. The van der Waals surface area contributed by atoms with Gasteiger partial charge < -0.3 is 5.11 Å². The van der Waals surface area contributed by atoms with E-state index < -0.39 is 0 Å². The first-order valence-corrected chi connectivity index (χ1v) is 5.76. The number of thioether (sulfide) groups is 1. The van der Waals surface area contributed by atoms with Gasteiger partial charge in [0.05, 0.1) is 12.3 Å². The van der Waals surface area contributed by atoms with Gasteiger partial charge in [-0.2, -0.15) is 16.9 Å². The highest BCUT2D eigenvalue weighted by Crippen LogP contribution is 2.07. The van der Waals surface area contributed by atoms with Crippen molar-refractivity contribution in [1.82, 2.24) is 9.78 Å². The Bertz CT molecular complexity index is 250. The Kier molecular flexibility index (Phi) is 4.32. The van der Waals surface area contributed by atoms with Crippen LogP contribution in [0.5, 0.6) is 0 Å². The van der Waals surface area contributed by atoms with Gasteiger partial charge in [0.2, 0.25) is 0 Å². The molecule has 0 bridgehead atoms. The second-order valence-electron chi connectivity index (χ2n) is 3.16. The van der Waals surface area contributed by atoms with Crippen molar-refractivity contribution >= 4 is 11.8 Å². The van der Waals surface area contributed by atoms with Gasteiger partial charge in [-0.25, -0.2) is 0 Å². The van der Waals surface area contributed by atoms with Crippen molar-refractivity contribution in [3.63, 3.8) is 0 Å². The van der Waals surface area contributed by atoms with Gasteiger partial charge in [-0.1, -0.05) is 0 Å². The van der Waals surface area contributed by atoms with E-state index in [0.29, 0.717) is 6.42 Å². The SMILES string of the molecule is CSCCC(O)Cc1cnn(C)c1. The van der Waals surface area contributed by atoms with Gasteiger partial charge in [0, 0.05) is 19.7 Å². The molecule has 0 amide bonds. The van der Waals surface area contributed by atoms with Gasteiger partial charge in [-0.15, -0.1) is 0 Å². The lowest BCUT2D eigenvalue weighted by Gasteiger charge is -2.06. The Hall–Kier alpha value is -0.480. The van der Waals surface area contributed by atoms with Gasteiger partial charge >= 0.3 is 0 Å². The molecule has 0 aliphatic carbocycles. The van der Waals surface area contributed by atoms with Gasteiger partial charge in [0.15, 0.2) is 0 Å². The molecular weight excluding hydrogens is 184 g/mol. The number of aliphatic hydroxyl groups is 1.